The first kappa shape index (κ1) is 20.7. The van der Waals surface area contributed by atoms with E-state index in [0.717, 1.165) is 12.1 Å². The first-order valence-corrected chi connectivity index (χ1v) is 7.21. The molecule has 0 amide bonds. The van der Waals surface area contributed by atoms with Crippen molar-refractivity contribution in [2.24, 2.45) is 0 Å². The second-order valence-electron chi connectivity index (χ2n) is 3.53. The standard InChI is InChI=1S/C6H11N.2H2O4S.Pt/c1-2-5(1)7-6-3-4-6;2*1-5(2,3)4;/h5-7H,1-4H2;2*(H2,1,2,3,4);/q;;;+4/p-4. The maximum absolute atomic E-state index is 8.52. The molecule has 0 aromatic carbocycles. The number of hydrogen-bond acceptors (Lipinski definition) is 9. The van der Waals surface area contributed by atoms with Crippen LogP contribution in [0.4, 0.5) is 0 Å². The van der Waals surface area contributed by atoms with Crippen molar-refractivity contribution in [3.05, 3.63) is 0 Å². The van der Waals surface area contributed by atoms with E-state index in [2.05, 4.69) is 5.32 Å². The molecule has 1 N–H and O–H groups in total. The molecule has 0 spiro atoms. The van der Waals surface area contributed by atoms with Gasteiger partial charge in [0.25, 0.3) is 0 Å². The maximum Gasteiger partial charge on any atom is 4.00 e. The zero-order valence-electron chi connectivity index (χ0n) is 8.88. The molecule has 18 heavy (non-hydrogen) atoms. The summed E-state index contributed by atoms with van der Waals surface area (Å²) in [7, 11) is -10.3. The van der Waals surface area contributed by atoms with Gasteiger partial charge in [-0.15, -0.1) is 0 Å². The van der Waals surface area contributed by atoms with Gasteiger partial charge in [-0.25, -0.2) is 0 Å². The monoisotopic (exact) mass is 484 g/mol. The Balaban J connectivity index is 0. The zero-order chi connectivity index (χ0) is 13.7. The van der Waals surface area contributed by atoms with Crippen molar-refractivity contribution >= 4 is 20.8 Å². The van der Waals surface area contributed by atoms with Gasteiger partial charge in [0.15, 0.2) is 0 Å². The molecular weight excluding hydrogens is 473 g/mol. The molecule has 0 bridgehead atoms. The van der Waals surface area contributed by atoms with Crippen LogP contribution in [0.1, 0.15) is 25.7 Å². The molecule has 0 aliphatic heterocycles. The molecule has 0 saturated heterocycles. The molecule has 2 saturated carbocycles. The Kier molecular flexibility index (Phi) is 9.82. The van der Waals surface area contributed by atoms with Crippen molar-refractivity contribution in [1.82, 2.24) is 5.32 Å². The van der Waals surface area contributed by atoms with Crippen LogP contribution in [0.3, 0.4) is 0 Å². The Morgan fingerprint density at radius 3 is 1.00 bits per heavy atom. The SMILES string of the molecule is C1CC1NC1CC1.O=S(=O)([O-])[O-].O=S(=O)([O-])[O-].[Pt+4]. The Morgan fingerprint density at radius 1 is 0.722 bits per heavy atom. The van der Waals surface area contributed by atoms with Crippen LogP contribution in [0.2, 0.25) is 0 Å². The van der Waals surface area contributed by atoms with E-state index in [4.69, 9.17) is 35.0 Å². The van der Waals surface area contributed by atoms with E-state index in [1.807, 2.05) is 0 Å². The van der Waals surface area contributed by atoms with Gasteiger partial charge in [0.1, 0.15) is 0 Å². The van der Waals surface area contributed by atoms with Crippen LogP contribution in [-0.4, -0.2) is 47.1 Å². The van der Waals surface area contributed by atoms with Crippen LogP contribution in [-0.2, 0) is 41.9 Å². The summed E-state index contributed by atoms with van der Waals surface area (Å²) < 4.78 is 68.2. The van der Waals surface area contributed by atoms with Crippen LogP contribution < -0.4 is 5.32 Å². The summed E-state index contributed by atoms with van der Waals surface area (Å²) in [5, 5.41) is 3.53. The summed E-state index contributed by atoms with van der Waals surface area (Å²) in [5.74, 6) is 0. The van der Waals surface area contributed by atoms with Gasteiger partial charge in [-0.3, -0.25) is 16.8 Å². The van der Waals surface area contributed by atoms with Crippen molar-refractivity contribution in [1.29, 1.82) is 0 Å². The van der Waals surface area contributed by atoms with E-state index >= 15 is 0 Å². The van der Waals surface area contributed by atoms with Gasteiger partial charge in [0, 0.05) is 32.9 Å². The van der Waals surface area contributed by atoms with Crippen molar-refractivity contribution in [2.45, 2.75) is 37.8 Å². The van der Waals surface area contributed by atoms with E-state index in [1.54, 1.807) is 0 Å². The minimum absolute atomic E-state index is 0. The van der Waals surface area contributed by atoms with Crippen LogP contribution in [0.25, 0.3) is 0 Å². The average molecular weight is 484 g/mol. The van der Waals surface area contributed by atoms with Gasteiger partial charge in [0.2, 0.25) is 0 Å². The van der Waals surface area contributed by atoms with Crippen LogP contribution in [0.15, 0.2) is 0 Å². The van der Waals surface area contributed by atoms with E-state index in [9.17, 15) is 0 Å². The van der Waals surface area contributed by atoms with E-state index in [1.165, 1.54) is 25.7 Å². The molecule has 2 aliphatic rings. The quantitative estimate of drug-likeness (QED) is 0.351. The topological polar surface area (TPSA) is 173 Å². The zero-order valence-corrected chi connectivity index (χ0v) is 12.8. The van der Waals surface area contributed by atoms with Crippen molar-refractivity contribution in [3.63, 3.8) is 0 Å². The van der Waals surface area contributed by atoms with E-state index in [-0.39, 0.29) is 21.1 Å². The van der Waals surface area contributed by atoms with E-state index in [0.29, 0.717) is 0 Å². The van der Waals surface area contributed by atoms with Gasteiger partial charge in [-0.05, 0) is 25.7 Å². The molecule has 0 radical (unpaired) electrons. The molecule has 110 valence electrons. The average Bonchev–Trinajstić information content (AvgIpc) is 2.76. The van der Waals surface area contributed by atoms with Crippen molar-refractivity contribution < 1.29 is 56.1 Å². The number of rotatable bonds is 2. The Labute approximate surface area is 120 Å². The van der Waals surface area contributed by atoms with Crippen LogP contribution >= 0.6 is 0 Å². The largest absolute Gasteiger partial charge is 4.00 e. The molecule has 0 aromatic heterocycles. The van der Waals surface area contributed by atoms with Crippen LogP contribution in [0, 0.1) is 0 Å². The number of hydrogen-bond donors (Lipinski definition) is 1. The van der Waals surface area contributed by atoms with Gasteiger partial charge in [-0.2, -0.15) is 0 Å². The Morgan fingerprint density at radius 2 is 0.889 bits per heavy atom. The van der Waals surface area contributed by atoms with Gasteiger partial charge >= 0.3 is 21.1 Å². The molecular formula is C6H11NO8PtS2. The predicted molar refractivity (Wildman–Crippen MR) is 50.1 cm³/mol. The van der Waals surface area contributed by atoms with Crippen LogP contribution in [0.5, 0.6) is 0 Å². The molecule has 2 rings (SSSR count). The fraction of sp³-hybridized carbons (Fsp3) is 1.00. The summed E-state index contributed by atoms with van der Waals surface area (Å²) in [6.45, 7) is 0. The van der Waals surface area contributed by atoms with Crippen molar-refractivity contribution in [2.75, 3.05) is 0 Å². The Bertz CT molecular complexity index is 357. The molecule has 0 atom stereocenters. The summed E-state index contributed by atoms with van der Waals surface area (Å²) in [6.07, 6.45) is 5.76. The first-order chi connectivity index (χ1) is 7.45. The maximum atomic E-state index is 8.52. The second kappa shape index (κ2) is 8.54. The molecule has 12 heteroatoms. The molecule has 9 nitrogen and oxygen atoms in total. The van der Waals surface area contributed by atoms with Crippen molar-refractivity contribution in [3.8, 4) is 0 Å². The summed E-state index contributed by atoms with van der Waals surface area (Å²) in [4.78, 5) is 0. The van der Waals surface area contributed by atoms with Gasteiger partial charge in [0.05, 0.1) is 0 Å². The fourth-order valence-corrected chi connectivity index (χ4v) is 0.833. The molecule has 0 unspecified atom stereocenters. The second-order valence-corrected chi connectivity index (χ2v) is 5.16. The first-order valence-electron chi connectivity index (χ1n) is 4.54. The summed E-state index contributed by atoms with van der Waals surface area (Å²) in [5.41, 5.74) is 0. The Hall–Kier alpha value is 0.388. The third kappa shape index (κ3) is 36.0. The molecule has 2 fully saturated rings. The third-order valence-corrected chi connectivity index (χ3v) is 1.63. The molecule has 0 heterocycles. The molecule has 2 aliphatic carbocycles. The normalized spacial score (nSPS) is 18.4. The van der Waals surface area contributed by atoms with Gasteiger partial charge < -0.3 is 23.5 Å². The van der Waals surface area contributed by atoms with Gasteiger partial charge in [-0.1, -0.05) is 0 Å². The third-order valence-electron chi connectivity index (χ3n) is 1.63. The fourth-order valence-electron chi connectivity index (χ4n) is 0.833. The van der Waals surface area contributed by atoms with E-state index < -0.39 is 20.8 Å². The summed E-state index contributed by atoms with van der Waals surface area (Å²) >= 11 is 0. The molecule has 0 aromatic rings. The smallest absolute Gasteiger partial charge is 0.759 e. The predicted octanol–water partition coefficient (Wildman–Crippen LogP) is -1.78. The minimum atomic E-state index is -5.17. The summed E-state index contributed by atoms with van der Waals surface area (Å²) in [6, 6.07) is 1.87. The minimum Gasteiger partial charge on any atom is -0.759 e. The number of nitrogens with one attached hydrogen (secondary N) is 1.